The molecule has 0 heterocycles. The van der Waals surface area contributed by atoms with Crippen LogP contribution < -0.4 is 9.62 Å². The molecule has 0 fully saturated rings. The van der Waals surface area contributed by atoms with Gasteiger partial charge in [-0.15, -0.1) is 0 Å². The van der Waals surface area contributed by atoms with Crippen molar-refractivity contribution in [2.45, 2.75) is 32.4 Å². The molecule has 3 rings (SSSR count). The maximum absolute atomic E-state index is 14.0. The molecule has 0 aliphatic carbocycles. The van der Waals surface area contributed by atoms with Gasteiger partial charge in [0, 0.05) is 36.7 Å². The standard InChI is InChI=1S/C28H31ClN4O6S/c1-3-16-30-28(35)26(17-21-8-5-4-6-9-21)31(19-22-12-14-23(29)15-13-22)27(34)20-32(40(2,38)39)24-10-7-11-25(18-24)33(36)37/h4-15,18,26H,3,16-17,19-20H2,1-2H3,(H,30,35)/t26-/m1/s1. The Labute approximate surface area is 238 Å². The van der Waals surface area contributed by atoms with Crippen LogP contribution >= 0.6 is 11.6 Å². The van der Waals surface area contributed by atoms with Crippen molar-refractivity contribution in [3.8, 4) is 0 Å². The first-order valence-corrected chi connectivity index (χ1v) is 14.8. The third kappa shape index (κ3) is 8.52. The number of non-ortho nitro benzene ring substituents is 1. The van der Waals surface area contributed by atoms with Crippen molar-refractivity contribution in [1.29, 1.82) is 0 Å². The highest BCUT2D eigenvalue weighted by Crippen LogP contribution is 2.24. The Kier molecular flexibility index (Phi) is 10.6. The summed E-state index contributed by atoms with van der Waals surface area (Å²) in [6.07, 6.45) is 1.78. The summed E-state index contributed by atoms with van der Waals surface area (Å²) in [5, 5.41) is 14.7. The second-order valence-corrected chi connectivity index (χ2v) is 11.5. The van der Waals surface area contributed by atoms with Crippen molar-refractivity contribution in [3.63, 3.8) is 0 Å². The van der Waals surface area contributed by atoms with Crippen molar-refractivity contribution < 1.29 is 22.9 Å². The maximum Gasteiger partial charge on any atom is 0.271 e. The topological polar surface area (TPSA) is 130 Å². The van der Waals surface area contributed by atoms with E-state index in [1.54, 1.807) is 24.3 Å². The first kappa shape index (κ1) is 30.6. The summed E-state index contributed by atoms with van der Waals surface area (Å²) in [5.41, 5.74) is 1.14. The molecule has 0 saturated heterocycles. The first-order valence-electron chi connectivity index (χ1n) is 12.6. The lowest BCUT2D eigenvalue weighted by Crippen LogP contribution is -2.53. The van der Waals surface area contributed by atoms with Gasteiger partial charge in [0.1, 0.15) is 12.6 Å². The van der Waals surface area contributed by atoms with E-state index >= 15 is 0 Å². The molecule has 0 unspecified atom stereocenters. The highest BCUT2D eigenvalue weighted by Gasteiger charge is 2.33. The van der Waals surface area contributed by atoms with Crippen molar-refractivity contribution in [2.75, 3.05) is 23.7 Å². The lowest BCUT2D eigenvalue weighted by atomic mass is 10.0. The van der Waals surface area contributed by atoms with E-state index < -0.39 is 33.4 Å². The molecule has 3 aromatic carbocycles. The number of carbonyl (C=O) groups excluding carboxylic acids is 2. The number of sulfonamides is 1. The molecule has 0 saturated carbocycles. The van der Waals surface area contributed by atoms with Crippen molar-refractivity contribution >= 4 is 44.8 Å². The molecule has 0 aliphatic heterocycles. The van der Waals surface area contributed by atoms with Crippen LogP contribution in [0.2, 0.25) is 5.02 Å². The van der Waals surface area contributed by atoms with E-state index in [4.69, 9.17) is 11.6 Å². The summed E-state index contributed by atoms with van der Waals surface area (Å²) >= 11 is 6.04. The van der Waals surface area contributed by atoms with Gasteiger partial charge in [0.25, 0.3) is 5.69 Å². The van der Waals surface area contributed by atoms with Gasteiger partial charge in [-0.25, -0.2) is 8.42 Å². The minimum Gasteiger partial charge on any atom is -0.354 e. The Morgan fingerprint density at radius 2 is 1.68 bits per heavy atom. The number of nitrogens with one attached hydrogen (secondary N) is 1. The monoisotopic (exact) mass is 586 g/mol. The van der Waals surface area contributed by atoms with Crippen molar-refractivity contribution in [1.82, 2.24) is 10.2 Å². The zero-order valence-electron chi connectivity index (χ0n) is 22.2. The smallest absolute Gasteiger partial charge is 0.271 e. The van der Waals surface area contributed by atoms with E-state index in [0.29, 0.717) is 23.6 Å². The number of nitro groups is 1. The lowest BCUT2D eigenvalue weighted by Gasteiger charge is -2.33. The van der Waals surface area contributed by atoms with Crippen LogP contribution in [0.3, 0.4) is 0 Å². The van der Waals surface area contributed by atoms with Crippen LogP contribution in [0.15, 0.2) is 78.9 Å². The highest BCUT2D eigenvalue weighted by molar-refractivity contribution is 7.92. The van der Waals surface area contributed by atoms with Crippen LogP contribution in [0, 0.1) is 10.1 Å². The summed E-state index contributed by atoms with van der Waals surface area (Å²) in [7, 11) is -4.04. The number of nitrogens with zero attached hydrogens (tertiary/aromatic N) is 3. The van der Waals surface area contributed by atoms with E-state index in [0.717, 1.165) is 22.2 Å². The van der Waals surface area contributed by atoms with Crippen LogP contribution in [-0.2, 0) is 32.6 Å². The molecular formula is C28H31ClN4O6S. The van der Waals surface area contributed by atoms with Crippen LogP contribution in [0.4, 0.5) is 11.4 Å². The summed E-state index contributed by atoms with van der Waals surface area (Å²) in [6.45, 7) is 1.64. The Bertz CT molecular complexity index is 1430. The first-order chi connectivity index (χ1) is 19.0. The number of hydrogen-bond donors (Lipinski definition) is 1. The number of rotatable bonds is 13. The van der Waals surface area contributed by atoms with Gasteiger partial charge >= 0.3 is 0 Å². The molecule has 3 aromatic rings. The number of nitro benzene ring substituents is 1. The van der Waals surface area contributed by atoms with Crippen LogP contribution in [0.25, 0.3) is 0 Å². The van der Waals surface area contributed by atoms with Gasteiger partial charge in [-0.05, 0) is 35.7 Å². The van der Waals surface area contributed by atoms with E-state index in [1.807, 2.05) is 37.3 Å². The van der Waals surface area contributed by atoms with Crippen molar-refractivity contribution in [2.24, 2.45) is 0 Å². The van der Waals surface area contributed by atoms with E-state index in [2.05, 4.69) is 5.32 Å². The maximum atomic E-state index is 14.0. The second kappa shape index (κ2) is 13.9. The minimum atomic E-state index is -4.04. The molecule has 40 heavy (non-hydrogen) atoms. The third-order valence-electron chi connectivity index (χ3n) is 6.09. The molecule has 1 N–H and O–H groups in total. The number of hydrogen-bond acceptors (Lipinski definition) is 6. The SMILES string of the molecule is CCCNC(=O)[C@@H](Cc1ccccc1)N(Cc1ccc(Cl)cc1)C(=O)CN(c1cccc([N+](=O)[O-])c1)S(C)(=O)=O. The summed E-state index contributed by atoms with van der Waals surface area (Å²) in [4.78, 5) is 39.4. The largest absolute Gasteiger partial charge is 0.354 e. The van der Waals surface area contributed by atoms with E-state index in [9.17, 15) is 28.1 Å². The number of halogens is 1. The molecular weight excluding hydrogens is 556 g/mol. The van der Waals surface area contributed by atoms with Crippen molar-refractivity contribution in [3.05, 3.63) is 105 Å². The second-order valence-electron chi connectivity index (χ2n) is 9.19. The number of amides is 2. The Hall–Kier alpha value is -3.96. The zero-order valence-corrected chi connectivity index (χ0v) is 23.8. The number of benzene rings is 3. The van der Waals surface area contributed by atoms with Gasteiger partial charge in [0.05, 0.1) is 16.9 Å². The van der Waals surface area contributed by atoms with Gasteiger partial charge in [0.15, 0.2) is 0 Å². The molecule has 1 atom stereocenters. The van der Waals surface area contributed by atoms with Gasteiger partial charge in [0.2, 0.25) is 21.8 Å². The average molecular weight is 587 g/mol. The van der Waals surface area contributed by atoms with Crippen LogP contribution in [-0.4, -0.2) is 55.4 Å². The fourth-order valence-corrected chi connectivity index (χ4v) is 5.05. The third-order valence-corrected chi connectivity index (χ3v) is 7.49. The van der Waals surface area contributed by atoms with Crippen LogP contribution in [0.5, 0.6) is 0 Å². The van der Waals surface area contributed by atoms with E-state index in [-0.39, 0.29) is 30.2 Å². The molecule has 0 bridgehead atoms. The van der Waals surface area contributed by atoms with E-state index in [1.165, 1.54) is 23.1 Å². The molecule has 2 amide bonds. The quantitative estimate of drug-likeness (QED) is 0.236. The summed E-state index contributed by atoms with van der Waals surface area (Å²) < 4.78 is 26.4. The zero-order chi connectivity index (χ0) is 29.3. The predicted octanol–water partition coefficient (Wildman–Crippen LogP) is 4.18. The predicted molar refractivity (Wildman–Crippen MR) is 155 cm³/mol. The molecule has 12 heteroatoms. The summed E-state index contributed by atoms with van der Waals surface area (Å²) in [5.74, 6) is -1.03. The molecule has 0 spiro atoms. The molecule has 212 valence electrons. The average Bonchev–Trinajstić information content (AvgIpc) is 2.93. The fraction of sp³-hybridized carbons (Fsp3) is 0.286. The summed E-state index contributed by atoms with van der Waals surface area (Å²) in [6, 6.07) is 20.0. The number of anilines is 1. The van der Waals surface area contributed by atoms with Gasteiger partial charge in [-0.3, -0.25) is 24.0 Å². The van der Waals surface area contributed by atoms with Gasteiger partial charge < -0.3 is 10.2 Å². The van der Waals surface area contributed by atoms with Gasteiger partial charge in [-0.1, -0.05) is 67.1 Å². The normalized spacial score (nSPS) is 11.9. The van der Waals surface area contributed by atoms with Crippen LogP contribution in [0.1, 0.15) is 24.5 Å². The Balaban J connectivity index is 2.05. The van der Waals surface area contributed by atoms with Gasteiger partial charge in [-0.2, -0.15) is 0 Å². The molecule has 0 aromatic heterocycles. The fourth-order valence-electron chi connectivity index (χ4n) is 4.08. The molecule has 10 nitrogen and oxygen atoms in total. The lowest BCUT2D eigenvalue weighted by molar-refractivity contribution is -0.384. The Morgan fingerprint density at radius 3 is 2.27 bits per heavy atom. The minimum absolute atomic E-state index is 0.000410. The Morgan fingerprint density at radius 1 is 1.00 bits per heavy atom. The molecule has 0 aliphatic rings. The molecule has 0 radical (unpaired) electrons. The number of carbonyl (C=O) groups is 2. The highest BCUT2D eigenvalue weighted by atomic mass is 35.5.